The molecule has 1 aliphatic heterocycles. The van der Waals surface area contributed by atoms with Crippen molar-refractivity contribution in [1.29, 1.82) is 0 Å². The molecule has 3 aromatic heterocycles. The Kier molecular flexibility index (Phi) is 4.33. The fourth-order valence-electron chi connectivity index (χ4n) is 5.53. The second-order valence-electron chi connectivity index (χ2n) is 8.89. The van der Waals surface area contributed by atoms with Crippen LogP contribution < -0.4 is 21.2 Å². The molecular weight excluding hydrogens is 428 g/mol. The van der Waals surface area contributed by atoms with Gasteiger partial charge in [-0.1, -0.05) is 60.7 Å². The van der Waals surface area contributed by atoms with Gasteiger partial charge in [0, 0.05) is 51.0 Å². The second kappa shape index (κ2) is 7.67. The average molecular weight is 453 g/mol. The van der Waals surface area contributed by atoms with E-state index in [0.717, 1.165) is 39.4 Å². The number of anilines is 2. The van der Waals surface area contributed by atoms with Crippen molar-refractivity contribution in [2.45, 2.75) is 0 Å². The summed E-state index contributed by atoms with van der Waals surface area (Å²) in [5.74, 6) is 1.10. The third kappa shape index (κ3) is 2.87. The van der Waals surface area contributed by atoms with Crippen molar-refractivity contribution in [3.63, 3.8) is 0 Å². The van der Waals surface area contributed by atoms with Crippen molar-refractivity contribution in [1.82, 2.24) is 8.97 Å². The minimum Gasteiger partial charge on any atom is -0.404 e. The van der Waals surface area contributed by atoms with Crippen LogP contribution in [0.15, 0.2) is 115 Å². The third-order valence-corrected chi connectivity index (χ3v) is 7.04. The van der Waals surface area contributed by atoms with E-state index in [9.17, 15) is 0 Å². The van der Waals surface area contributed by atoms with Crippen molar-refractivity contribution < 1.29 is 0 Å². The number of pyridine rings is 1. The molecule has 3 aromatic carbocycles. The zero-order valence-corrected chi connectivity index (χ0v) is 19.2. The molecule has 35 heavy (non-hydrogen) atoms. The molecule has 4 nitrogen and oxygen atoms in total. The second-order valence-corrected chi connectivity index (χ2v) is 8.89. The first-order valence-electron chi connectivity index (χ1n) is 11.9. The summed E-state index contributed by atoms with van der Waals surface area (Å²) in [6.45, 7) is 0.768. The SMILES string of the molecule is N/C=c1\c(=C2/CN(c3ccccc3)c3ccccc32)n(-c2ccc3ccccn23)c2ccccc12. The van der Waals surface area contributed by atoms with E-state index in [4.69, 9.17) is 5.73 Å². The number of fused-ring (bicyclic) bond motifs is 3. The Balaban J connectivity index is 1.65. The highest BCUT2D eigenvalue weighted by molar-refractivity contribution is 5.92. The molecule has 4 heterocycles. The van der Waals surface area contributed by atoms with Crippen LogP contribution in [0.3, 0.4) is 0 Å². The van der Waals surface area contributed by atoms with Gasteiger partial charge in [-0.2, -0.15) is 0 Å². The lowest BCUT2D eigenvalue weighted by Crippen LogP contribution is -2.34. The zero-order chi connectivity index (χ0) is 23.4. The van der Waals surface area contributed by atoms with Crippen LogP contribution in [0.1, 0.15) is 5.56 Å². The van der Waals surface area contributed by atoms with Gasteiger partial charge in [-0.15, -0.1) is 0 Å². The molecule has 0 atom stereocenters. The Bertz CT molecular complexity index is 1840. The minimum absolute atomic E-state index is 0.768. The fourth-order valence-corrected chi connectivity index (χ4v) is 5.53. The topological polar surface area (TPSA) is 38.6 Å². The maximum atomic E-state index is 6.36. The minimum atomic E-state index is 0.768. The number of hydrogen-bond donors (Lipinski definition) is 1. The quantitative estimate of drug-likeness (QED) is 0.405. The molecule has 0 fully saturated rings. The monoisotopic (exact) mass is 452 g/mol. The highest BCUT2D eigenvalue weighted by Gasteiger charge is 2.27. The summed E-state index contributed by atoms with van der Waals surface area (Å²) in [6, 6.07) is 38.5. The number of aromatic nitrogens is 2. The largest absolute Gasteiger partial charge is 0.404 e. The Morgan fingerprint density at radius 1 is 0.714 bits per heavy atom. The Hall–Kier alpha value is -4.70. The number of nitrogens with two attached hydrogens (primary N) is 1. The number of rotatable bonds is 2. The predicted molar refractivity (Wildman–Crippen MR) is 145 cm³/mol. The summed E-state index contributed by atoms with van der Waals surface area (Å²) in [6.07, 6.45) is 3.89. The average Bonchev–Trinajstić information content (AvgIpc) is 3.60. The molecule has 7 rings (SSSR count). The van der Waals surface area contributed by atoms with Crippen molar-refractivity contribution in [3.05, 3.63) is 132 Å². The van der Waals surface area contributed by atoms with Crippen LogP contribution >= 0.6 is 0 Å². The van der Waals surface area contributed by atoms with E-state index in [0.29, 0.717) is 0 Å². The number of para-hydroxylation sites is 3. The lowest BCUT2D eigenvalue weighted by atomic mass is 10.1. The highest BCUT2D eigenvalue weighted by atomic mass is 15.2. The first-order chi connectivity index (χ1) is 17.3. The number of hydrogen-bond acceptors (Lipinski definition) is 2. The summed E-state index contributed by atoms with van der Waals surface area (Å²) in [5, 5.41) is 3.36. The molecule has 0 amide bonds. The van der Waals surface area contributed by atoms with Gasteiger partial charge in [0.25, 0.3) is 0 Å². The van der Waals surface area contributed by atoms with Crippen molar-refractivity contribution >= 4 is 39.6 Å². The summed E-state index contributed by atoms with van der Waals surface area (Å²) in [4.78, 5) is 2.39. The molecule has 6 aromatic rings. The molecule has 0 bridgehead atoms. The predicted octanol–water partition coefficient (Wildman–Crippen LogP) is 4.93. The number of nitrogens with zero attached hydrogens (tertiary/aromatic N) is 3. The van der Waals surface area contributed by atoms with E-state index in [2.05, 4.69) is 129 Å². The molecular formula is C31H24N4. The van der Waals surface area contributed by atoms with E-state index >= 15 is 0 Å². The van der Waals surface area contributed by atoms with Gasteiger partial charge in [-0.3, -0.25) is 4.57 Å². The molecule has 0 unspecified atom stereocenters. The van der Waals surface area contributed by atoms with Gasteiger partial charge in [0.1, 0.15) is 5.82 Å². The van der Waals surface area contributed by atoms with Crippen LogP contribution in [0.4, 0.5) is 11.4 Å². The lowest BCUT2D eigenvalue weighted by Gasteiger charge is -2.19. The normalized spacial score (nSPS) is 15.3. The molecule has 2 N–H and O–H groups in total. The fraction of sp³-hybridized carbons (Fsp3) is 0.0323. The summed E-state index contributed by atoms with van der Waals surface area (Å²) in [5.41, 5.74) is 13.6. The van der Waals surface area contributed by atoms with Gasteiger partial charge in [0.15, 0.2) is 0 Å². The van der Waals surface area contributed by atoms with Crippen molar-refractivity contribution in [2.24, 2.45) is 5.73 Å². The van der Waals surface area contributed by atoms with Crippen LogP contribution in [-0.2, 0) is 0 Å². The van der Waals surface area contributed by atoms with Crippen LogP contribution in [-0.4, -0.2) is 15.5 Å². The maximum absolute atomic E-state index is 6.36. The molecule has 0 radical (unpaired) electrons. The molecule has 0 spiro atoms. The van der Waals surface area contributed by atoms with Crippen LogP contribution in [0.5, 0.6) is 0 Å². The third-order valence-electron chi connectivity index (χ3n) is 7.04. The van der Waals surface area contributed by atoms with Gasteiger partial charge in [-0.05, 0) is 48.5 Å². The maximum Gasteiger partial charge on any atom is 0.122 e. The smallest absolute Gasteiger partial charge is 0.122 e. The molecule has 168 valence electrons. The Morgan fingerprint density at radius 3 is 2.37 bits per heavy atom. The first kappa shape index (κ1) is 19.7. The van der Waals surface area contributed by atoms with E-state index in [-0.39, 0.29) is 0 Å². The van der Waals surface area contributed by atoms with Gasteiger partial charge in [0.05, 0.1) is 17.4 Å². The summed E-state index contributed by atoms with van der Waals surface area (Å²) < 4.78 is 4.62. The number of benzene rings is 3. The van der Waals surface area contributed by atoms with Crippen LogP contribution in [0, 0.1) is 0 Å². The lowest BCUT2D eigenvalue weighted by molar-refractivity contribution is 0.967. The molecule has 4 heteroatoms. The van der Waals surface area contributed by atoms with E-state index in [1.54, 1.807) is 6.20 Å². The summed E-state index contributed by atoms with van der Waals surface area (Å²) >= 11 is 0. The van der Waals surface area contributed by atoms with Gasteiger partial charge in [0.2, 0.25) is 0 Å². The molecule has 0 saturated carbocycles. The van der Waals surface area contributed by atoms with Gasteiger partial charge in [-0.25, -0.2) is 0 Å². The van der Waals surface area contributed by atoms with Crippen molar-refractivity contribution in [3.8, 4) is 5.82 Å². The van der Waals surface area contributed by atoms with Crippen LogP contribution in [0.2, 0.25) is 0 Å². The van der Waals surface area contributed by atoms with Gasteiger partial charge >= 0.3 is 0 Å². The molecule has 1 aliphatic rings. The first-order valence-corrected chi connectivity index (χ1v) is 11.9. The molecule has 0 saturated heterocycles. The summed E-state index contributed by atoms with van der Waals surface area (Å²) in [7, 11) is 0. The molecule has 0 aliphatic carbocycles. The van der Waals surface area contributed by atoms with Gasteiger partial charge < -0.3 is 15.0 Å². The van der Waals surface area contributed by atoms with E-state index in [1.807, 2.05) is 0 Å². The Morgan fingerprint density at radius 2 is 1.49 bits per heavy atom. The van der Waals surface area contributed by atoms with E-state index < -0.39 is 0 Å². The highest BCUT2D eigenvalue weighted by Crippen LogP contribution is 2.39. The van der Waals surface area contributed by atoms with E-state index in [1.165, 1.54) is 22.5 Å². The van der Waals surface area contributed by atoms with Crippen LogP contribution in [0.25, 0.3) is 34.0 Å². The zero-order valence-electron chi connectivity index (χ0n) is 19.2. The van der Waals surface area contributed by atoms with Crippen molar-refractivity contribution in [2.75, 3.05) is 11.4 Å². The standard InChI is InChI=1S/C31H24N4/c32-20-26-24-13-5-7-16-29(24)35(30-18-17-23-12-8-9-19-33(23)30)31(26)27-21-34(22-10-2-1-3-11-22)28-15-6-4-14-25(27)28/h1-20H,21,32H2/b26-20-,31-27-. The Labute approximate surface area is 203 Å².